The number of oxazole rings is 1. The average Bonchev–Trinajstić information content (AvgIpc) is 2.69. The van der Waals surface area contributed by atoms with Crippen molar-refractivity contribution >= 4 is 16.8 Å². The number of H-pyrrole nitrogens is 1. The monoisotopic (exact) mass is 262 g/mol. The lowest BCUT2D eigenvalue weighted by molar-refractivity contribution is 0.130. The van der Waals surface area contributed by atoms with E-state index in [-0.39, 0.29) is 6.10 Å². The van der Waals surface area contributed by atoms with E-state index in [0.29, 0.717) is 28.5 Å². The number of nitrogens with one attached hydrogen (secondary N) is 1. The Kier molecular flexibility index (Phi) is 2.97. The van der Waals surface area contributed by atoms with E-state index in [2.05, 4.69) is 11.9 Å². The average molecular weight is 262 g/mol. The standard InChI is InChI=1S/C14H18N2O3/c1-8-3-2-4-9(5-8)18-12-7-11-13(6-10(12)15)19-14(17)16-11/h6-9H,2-5,15H2,1H3,(H,16,17). The largest absolute Gasteiger partial charge is 0.488 e. The molecule has 19 heavy (non-hydrogen) atoms. The molecule has 2 atom stereocenters. The smallest absolute Gasteiger partial charge is 0.417 e. The maximum absolute atomic E-state index is 11.1. The Morgan fingerprint density at radius 3 is 3.05 bits per heavy atom. The van der Waals surface area contributed by atoms with Crippen molar-refractivity contribution in [3.8, 4) is 5.75 Å². The Morgan fingerprint density at radius 2 is 2.26 bits per heavy atom. The Bertz CT molecular complexity index is 644. The number of aromatic amines is 1. The SMILES string of the molecule is CC1CCCC(Oc2cc3[nH]c(=O)oc3cc2N)C1. The Balaban J connectivity index is 1.87. The molecule has 2 aromatic rings. The van der Waals surface area contributed by atoms with Crippen molar-refractivity contribution in [1.82, 2.24) is 4.98 Å². The van der Waals surface area contributed by atoms with Gasteiger partial charge in [-0.25, -0.2) is 4.79 Å². The minimum Gasteiger partial charge on any atom is -0.488 e. The number of rotatable bonds is 2. The summed E-state index contributed by atoms with van der Waals surface area (Å²) in [4.78, 5) is 13.8. The molecule has 1 aliphatic rings. The molecule has 1 saturated carbocycles. The highest BCUT2D eigenvalue weighted by Gasteiger charge is 2.21. The fourth-order valence-corrected chi connectivity index (χ4v) is 2.76. The number of fused-ring (bicyclic) bond motifs is 1. The van der Waals surface area contributed by atoms with Crippen molar-refractivity contribution in [3.63, 3.8) is 0 Å². The highest BCUT2D eigenvalue weighted by molar-refractivity contribution is 5.80. The van der Waals surface area contributed by atoms with Crippen LogP contribution in [0, 0.1) is 5.92 Å². The third kappa shape index (κ3) is 2.45. The van der Waals surface area contributed by atoms with E-state index in [4.69, 9.17) is 14.9 Å². The summed E-state index contributed by atoms with van der Waals surface area (Å²) < 4.78 is 10.9. The van der Waals surface area contributed by atoms with Gasteiger partial charge in [-0.05, 0) is 25.2 Å². The van der Waals surface area contributed by atoms with Crippen LogP contribution in [0.25, 0.3) is 11.1 Å². The summed E-state index contributed by atoms with van der Waals surface area (Å²) in [7, 11) is 0. The van der Waals surface area contributed by atoms with Gasteiger partial charge in [-0.3, -0.25) is 4.98 Å². The molecule has 0 radical (unpaired) electrons. The van der Waals surface area contributed by atoms with Crippen LogP contribution in [-0.2, 0) is 0 Å². The van der Waals surface area contributed by atoms with Crippen molar-refractivity contribution < 1.29 is 9.15 Å². The molecule has 0 spiro atoms. The number of nitrogens with two attached hydrogens (primary N) is 1. The summed E-state index contributed by atoms with van der Waals surface area (Å²) in [6.07, 6.45) is 4.78. The molecule has 0 bridgehead atoms. The van der Waals surface area contributed by atoms with Crippen molar-refractivity contribution in [2.75, 3.05) is 5.73 Å². The van der Waals surface area contributed by atoms with E-state index in [1.54, 1.807) is 12.1 Å². The summed E-state index contributed by atoms with van der Waals surface area (Å²) in [5, 5.41) is 0. The Labute approximate surface area is 110 Å². The zero-order valence-corrected chi connectivity index (χ0v) is 10.9. The first kappa shape index (κ1) is 12.1. The van der Waals surface area contributed by atoms with Gasteiger partial charge < -0.3 is 14.9 Å². The first-order valence-corrected chi connectivity index (χ1v) is 6.71. The quantitative estimate of drug-likeness (QED) is 0.815. The molecule has 5 heteroatoms. The third-order valence-electron chi connectivity index (χ3n) is 3.73. The molecule has 0 saturated heterocycles. The number of anilines is 1. The van der Waals surface area contributed by atoms with Gasteiger partial charge in [0.2, 0.25) is 0 Å². The normalized spacial score (nSPS) is 23.6. The summed E-state index contributed by atoms with van der Waals surface area (Å²) in [5.74, 6) is 0.846. The molecule has 3 rings (SSSR count). The van der Waals surface area contributed by atoms with Crippen LogP contribution in [0.1, 0.15) is 32.6 Å². The fourth-order valence-electron chi connectivity index (χ4n) is 2.76. The molecule has 0 amide bonds. The second kappa shape index (κ2) is 4.64. The predicted molar refractivity (Wildman–Crippen MR) is 73.3 cm³/mol. The first-order valence-electron chi connectivity index (χ1n) is 6.71. The molecule has 1 fully saturated rings. The van der Waals surface area contributed by atoms with Crippen molar-refractivity contribution in [1.29, 1.82) is 0 Å². The van der Waals surface area contributed by atoms with E-state index < -0.39 is 5.76 Å². The number of nitrogen functional groups attached to an aromatic ring is 1. The van der Waals surface area contributed by atoms with Crippen molar-refractivity contribution in [3.05, 3.63) is 22.7 Å². The molecule has 1 aliphatic carbocycles. The van der Waals surface area contributed by atoms with Crippen LogP contribution in [0.3, 0.4) is 0 Å². The fraction of sp³-hybridized carbons (Fsp3) is 0.500. The number of aromatic nitrogens is 1. The topological polar surface area (TPSA) is 81.2 Å². The van der Waals surface area contributed by atoms with Crippen LogP contribution in [0.5, 0.6) is 5.75 Å². The molecule has 3 N–H and O–H groups in total. The number of hydrogen-bond donors (Lipinski definition) is 2. The van der Waals surface area contributed by atoms with Gasteiger partial charge in [0.1, 0.15) is 5.75 Å². The third-order valence-corrected chi connectivity index (χ3v) is 3.73. The first-order chi connectivity index (χ1) is 9.11. The van der Waals surface area contributed by atoms with Gasteiger partial charge in [-0.15, -0.1) is 0 Å². The Morgan fingerprint density at radius 1 is 1.42 bits per heavy atom. The van der Waals surface area contributed by atoms with Crippen molar-refractivity contribution in [2.24, 2.45) is 5.92 Å². The number of hydrogen-bond acceptors (Lipinski definition) is 4. The maximum atomic E-state index is 11.1. The number of benzene rings is 1. The predicted octanol–water partition coefficient (Wildman–Crippen LogP) is 2.66. The van der Waals surface area contributed by atoms with Gasteiger partial charge in [0.15, 0.2) is 5.58 Å². The molecule has 5 nitrogen and oxygen atoms in total. The van der Waals surface area contributed by atoms with Crippen LogP contribution in [0.15, 0.2) is 21.3 Å². The van der Waals surface area contributed by atoms with Gasteiger partial charge in [0, 0.05) is 12.1 Å². The lowest BCUT2D eigenvalue weighted by atomic mass is 9.89. The van der Waals surface area contributed by atoms with Crippen LogP contribution in [-0.4, -0.2) is 11.1 Å². The summed E-state index contributed by atoms with van der Waals surface area (Å²) in [6, 6.07) is 3.38. The van der Waals surface area contributed by atoms with Gasteiger partial charge in [0.25, 0.3) is 0 Å². The van der Waals surface area contributed by atoms with Gasteiger partial charge in [-0.2, -0.15) is 0 Å². The molecule has 0 aliphatic heterocycles. The molecule has 2 unspecified atom stereocenters. The van der Waals surface area contributed by atoms with Crippen LogP contribution in [0.4, 0.5) is 5.69 Å². The van der Waals surface area contributed by atoms with Gasteiger partial charge in [-0.1, -0.05) is 13.3 Å². The molecular weight excluding hydrogens is 244 g/mol. The van der Waals surface area contributed by atoms with Crippen molar-refractivity contribution in [2.45, 2.75) is 38.7 Å². The number of ether oxygens (including phenoxy) is 1. The zero-order chi connectivity index (χ0) is 13.4. The second-order valence-electron chi connectivity index (χ2n) is 5.41. The minimum absolute atomic E-state index is 0.210. The summed E-state index contributed by atoms with van der Waals surface area (Å²) >= 11 is 0. The Hall–Kier alpha value is -1.91. The van der Waals surface area contributed by atoms with Crippen LogP contribution < -0.4 is 16.2 Å². The van der Waals surface area contributed by atoms with E-state index in [1.165, 1.54) is 12.8 Å². The minimum atomic E-state index is -0.474. The van der Waals surface area contributed by atoms with E-state index in [9.17, 15) is 4.79 Å². The highest BCUT2D eigenvalue weighted by Crippen LogP contribution is 2.32. The second-order valence-corrected chi connectivity index (χ2v) is 5.41. The summed E-state index contributed by atoms with van der Waals surface area (Å²) in [5.41, 5.74) is 7.54. The van der Waals surface area contributed by atoms with Gasteiger partial charge >= 0.3 is 5.76 Å². The van der Waals surface area contributed by atoms with E-state index in [1.807, 2.05) is 0 Å². The zero-order valence-electron chi connectivity index (χ0n) is 10.9. The molecular formula is C14H18N2O3. The maximum Gasteiger partial charge on any atom is 0.417 e. The van der Waals surface area contributed by atoms with E-state index in [0.717, 1.165) is 12.8 Å². The van der Waals surface area contributed by atoms with Gasteiger partial charge in [0.05, 0.1) is 17.3 Å². The highest BCUT2D eigenvalue weighted by atomic mass is 16.5. The van der Waals surface area contributed by atoms with E-state index >= 15 is 0 Å². The molecule has 1 heterocycles. The summed E-state index contributed by atoms with van der Waals surface area (Å²) in [6.45, 7) is 2.25. The lowest BCUT2D eigenvalue weighted by Crippen LogP contribution is -2.24. The van der Waals surface area contributed by atoms with Crippen LogP contribution in [0.2, 0.25) is 0 Å². The lowest BCUT2D eigenvalue weighted by Gasteiger charge is -2.27. The molecule has 1 aromatic carbocycles. The molecule has 1 aromatic heterocycles. The molecule has 102 valence electrons. The van der Waals surface area contributed by atoms with Crippen LogP contribution >= 0.6 is 0 Å².